The maximum atomic E-state index is 6.03. The smallest absolute Gasteiger partial charge is 0.161 e. The second-order valence-electron chi connectivity index (χ2n) is 7.00. The summed E-state index contributed by atoms with van der Waals surface area (Å²) in [6.45, 7) is 0.405. The number of ether oxygens (including phenoxy) is 3. The fraction of sp³-hybridized carbons (Fsp3) is 0.0741. The standard InChI is InChI=1S/C27H22ClNO3/c1-30-27-17-20(10-15-26(27)31-19-21-6-5-7-22(28)16-21)18-29-23-11-13-25(14-12-23)32-24-8-3-2-4-9-24/h2-18H,19H2,1H3. The first kappa shape index (κ1) is 21.5. The highest BCUT2D eigenvalue weighted by Crippen LogP contribution is 2.29. The van der Waals surface area contributed by atoms with Crippen molar-refractivity contribution in [3.63, 3.8) is 0 Å². The molecule has 4 aromatic rings. The van der Waals surface area contributed by atoms with Gasteiger partial charge in [0.2, 0.25) is 0 Å². The zero-order valence-corrected chi connectivity index (χ0v) is 18.3. The van der Waals surface area contributed by atoms with E-state index in [1.54, 1.807) is 13.3 Å². The van der Waals surface area contributed by atoms with Gasteiger partial charge < -0.3 is 14.2 Å². The molecule has 0 saturated carbocycles. The number of methoxy groups -OCH3 is 1. The normalized spacial score (nSPS) is 10.8. The number of para-hydroxylation sites is 1. The lowest BCUT2D eigenvalue weighted by Crippen LogP contribution is -1.98. The third-order valence-electron chi connectivity index (χ3n) is 4.65. The molecular weight excluding hydrogens is 422 g/mol. The van der Waals surface area contributed by atoms with Crippen molar-refractivity contribution >= 4 is 23.5 Å². The third kappa shape index (κ3) is 5.90. The summed E-state index contributed by atoms with van der Waals surface area (Å²) in [6, 6.07) is 30.6. The summed E-state index contributed by atoms with van der Waals surface area (Å²) in [5, 5.41) is 0.685. The van der Waals surface area contributed by atoms with Crippen LogP contribution in [0.3, 0.4) is 0 Å². The number of hydrogen-bond acceptors (Lipinski definition) is 4. The molecule has 4 aromatic carbocycles. The number of hydrogen-bond donors (Lipinski definition) is 0. The molecule has 0 heterocycles. The Labute approximate surface area is 192 Å². The van der Waals surface area contributed by atoms with E-state index in [0.717, 1.165) is 28.3 Å². The Balaban J connectivity index is 1.40. The van der Waals surface area contributed by atoms with Crippen molar-refractivity contribution in [2.75, 3.05) is 7.11 Å². The van der Waals surface area contributed by atoms with Gasteiger partial charge in [0.25, 0.3) is 0 Å². The lowest BCUT2D eigenvalue weighted by molar-refractivity contribution is 0.284. The van der Waals surface area contributed by atoms with E-state index < -0.39 is 0 Å². The molecular formula is C27H22ClNO3. The van der Waals surface area contributed by atoms with E-state index in [2.05, 4.69) is 4.99 Å². The molecule has 0 spiro atoms. The van der Waals surface area contributed by atoms with Crippen molar-refractivity contribution < 1.29 is 14.2 Å². The monoisotopic (exact) mass is 443 g/mol. The van der Waals surface area contributed by atoms with Crippen molar-refractivity contribution in [3.05, 3.63) is 113 Å². The molecule has 0 fully saturated rings. The summed E-state index contributed by atoms with van der Waals surface area (Å²) in [5.74, 6) is 2.86. The predicted octanol–water partition coefficient (Wildman–Crippen LogP) is 7.47. The number of nitrogens with zero attached hydrogens (tertiary/aromatic N) is 1. The molecule has 0 atom stereocenters. The molecule has 0 saturated heterocycles. The van der Waals surface area contributed by atoms with Gasteiger partial charge in [0.1, 0.15) is 18.1 Å². The van der Waals surface area contributed by atoms with Gasteiger partial charge in [0.15, 0.2) is 11.5 Å². The van der Waals surface area contributed by atoms with Crippen molar-refractivity contribution in [1.82, 2.24) is 0 Å². The Morgan fingerprint density at radius 3 is 2.31 bits per heavy atom. The molecule has 0 unspecified atom stereocenters. The summed E-state index contributed by atoms with van der Waals surface area (Å²) in [6.07, 6.45) is 1.79. The van der Waals surface area contributed by atoms with Crippen LogP contribution in [-0.2, 0) is 6.61 Å². The Bertz CT molecular complexity index is 1190. The second kappa shape index (κ2) is 10.5. The highest BCUT2D eigenvalue weighted by Gasteiger charge is 2.06. The van der Waals surface area contributed by atoms with Gasteiger partial charge in [-0.2, -0.15) is 0 Å². The minimum atomic E-state index is 0.405. The van der Waals surface area contributed by atoms with E-state index in [4.69, 9.17) is 25.8 Å². The third-order valence-corrected chi connectivity index (χ3v) is 4.88. The van der Waals surface area contributed by atoms with Crippen LogP contribution in [-0.4, -0.2) is 13.3 Å². The van der Waals surface area contributed by atoms with E-state index in [0.29, 0.717) is 23.1 Å². The molecule has 4 nitrogen and oxygen atoms in total. The van der Waals surface area contributed by atoms with Crippen LogP contribution in [0.15, 0.2) is 102 Å². The first-order chi connectivity index (χ1) is 15.7. The highest BCUT2D eigenvalue weighted by molar-refractivity contribution is 6.30. The Morgan fingerprint density at radius 2 is 1.56 bits per heavy atom. The fourth-order valence-corrected chi connectivity index (χ4v) is 3.26. The number of halogens is 1. The van der Waals surface area contributed by atoms with Gasteiger partial charge in [-0.05, 0) is 77.9 Å². The maximum Gasteiger partial charge on any atom is 0.161 e. The molecule has 0 aromatic heterocycles. The van der Waals surface area contributed by atoms with Crippen LogP contribution in [0, 0.1) is 0 Å². The van der Waals surface area contributed by atoms with Crippen LogP contribution in [0.25, 0.3) is 0 Å². The van der Waals surface area contributed by atoms with Crippen LogP contribution in [0.2, 0.25) is 5.02 Å². The molecule has 0 radical (unpaired) electrons. The topological polar surface area (TPSA) is 40.0 Å². The van der Waals surface area contributed by atoms with Crippen LogP contribution < -0.4 is 14.2 Å². The summed E-state index contributed by atoms with van der Waals surface area (Å²) >= 11 is 6.03. The van der Waals surface area contributed by atoms with E-state index in [1.165, 1.54) is 0 Å². The van der Waals surface area contributed by atoms with E-state index in [-0.39, 0.29) is 0 Å². The summed E-state index contributed by atoms with van der Waals surface area (Å²) in [4.78, 5) is 4.54. The molecule has 0 N–H and O–H groups in total. The molecule has 0 bridgehead atoms. The molecule has 0 aliphatic carbocycles. The molecule has 5 heteroatoms. The molecule has 160 valence electrons. The summed E-state index contributed by atoms with van der Waals surface area (Å²) in [5.41, 5.74) is 2.72. The van der Waals surface area contributed by atoms with Crippen molar-refractivity contribution in [1.29, 1.82) is 0 Å². The summed E-state index contributed by atoms with van der Waals surface area (Å²) in [7, 11) is 1.62. The largest absolute Gasteiger partial charge is 0.493 e. The van der Waals surface area contributed by atoms with Gasteiger partial charge in [-0.3, -0.25) is 4.99 Å². The Kier molecular flexibility index (Phi) is 7.05. The molecule has 0 amide bonds. The van der Waals surface area contributed by atoms with Gasteiger partial charge in [-0.1, -0.05) is 41.9 Å². The van der Waals surface area contributed by atoms with E-state index in [9.17, 15) is 0 Å². The van der Waals surface area contributed by atoms with Gasteiger partial charge in [-0.15, -0.1) is 0 Å². The van der Waals surface area contributed by atoms with Crippen molar-refractivity contribution in [2.45, 2.75) is 6.61 Å². The predicted molar refractivity (Wildman–Crippen MR) is 129 cm³/mol. The fourth-order valence-electron chi connectivity index (χ4n) is 3.05. The zero-order valence-electron chi connectivity index (χ0n) is 17.6. The van der Waals surface area contributed by atoms with Crippen molar-refractivity contribution in [3.8, 4) is 23.0 Å². The minimum Gasteiger partial charge on any atom is -0.493 e. The lowest BCUT2D eigenvalue weighted by Gasteiger charge is -2.11. The van der Waals surface area contributed by atoms with Crippen LogP contribution in [0.4, 0.5) is 5.69 Å². The molecule has 32 heavy (non-hydrogen) atoms. The lowest BCUT2D eigenvalue weighted by atomic mass is 10.2. The van der Waals surface area contributed by atoms with E-state index >= 15 is 0 Å². The Hall–Kier alpha value is -3.76. The van der Waals surface area contributed by atoms with Gasteiger partial charge >= 0.3 is 0 Å². The van der Waals surface area contributed by atoms with Crippen LogP contribution in [0.5, 0.6) is 23.0 Å². The quantitative estimate of drug-likeness (QED) is 0.265. The minimum absolute atomic E-state index is 0.405. The highest BCUT2D eigenvalue weighted by atomic mass is 35.5. The number of rotatable bonds is 8. The molecule has 4 rings (SSSR count). The average Bonchev–Trinajstić information content (AvgIpc) is 2.83. The maximum absolute atomic E-state index is 6.03. The number of benzene rings is 4. The molecule has 0 aliphatic heterocycles. The zero-order chi connectivity index (χ0) is 22.2. The van der Waals surface area contributed by atoms with Crippen LogP contribution in [0.1, 0.15) is 11.1 Å². The first-order valence-electron chi connectivity index (χ1n) is 10.1. The van der Waals surface area contributed by atoms with E-state index in [1.807, 2.05) is 97.1 Å². The Morgan fingerprint density at radius 1 is 0.781 bits per heavy atom. The second-order valence-corrected chi connectivity index (χ2v) is 7.43. The van der Waals surface area contributed by atoms with Crippen LogP contribution >= 0.6 is 11.6 Å². The number of aliphatic imine (C=N–C) groups is 1. The molecule has 0 aliphatic rings. The van der Waals surface area contributed by atoms with Gasteiger partial charge in [0, 0.05) is 11.2 Å². The van der Waals surface area contributed by atoms with Gasteiger partial charge in [-0.25, -0.2) is 0 Å². The average molecular weight is 444 g/mol. The van der Waals surface area contributed by atoms with Gasteiger partial charge in [0.05, 0.1) is 12.8 Å². The SMILES string of the molecule is COc1cc(C=Nc2ccc(Oc3ccccc3)cc2)ccc1OCc1cccc(Cl)c1. The van der Waals surface area contributed by atoms with Crippen molar-refractivity contribution in [2.24, 2.45) is 4.99 Å². The summed E-state index contributed by atoms with van der Waals surface area (Å²) < 4.78 is 17.2. The first-order valence-corrected chi connectivity index (χ1v) is 10.5.